The van der Waals surface area contributed by atoms with Crippen LogP contribution in [0, 0.1) is 5.41 Å². The fourth-order valence-corrected chi connectivity index (χ4v) is 2.21. The predicted octanol–water partition coefficient (Wildman–Crippen LogP) is 4.09. The molecule has 0 aromatic carbocycles. The molecule has 0 amide bonds. The van der Waals surface area contributed by atoms with Crippen LogP contribution in [-0.4, -0.2) is 23.8 Å². The summed E-state index contributed by atoms with van der Waals surface area (Å²) in [5.41, 5.74) is -0.878. The summed E-state index contributed by atoms with van der Waals surface area (Å²) < 4.78 is 11.1. The van der Waals surface area contributed by atoms with Gasteiger partial charge in [0.25, 0.3) is 0 Å². The Bertz CT molecular complexity index is 302. The highest BCUT2D eigenvalue weighted by Gasteiger charge is 2.45. The summed E-state index contributed by atoms with van der Waals surface area (Å²) in [6.07, 6.45) is 6.24. The van der Waals surface area contributed by atoms with Crippen molar-refractivity contribution in [2.75, 3.05) is 0 Å². The van der Waals surface area contributed by atoms with Gasteiger partial charge < -0.3 is 9.47 Å². The van der Waals surface area contributed by atoms with Gasteiger partial charge in [0.2, 0.25) is 0 Å². The first-order chi connectivity index (χ1) is 8.65. The van der Waals surface area contributed by atoms with E-state index in [2.05, 4.69) is 6.92 Å². The van der Waals surface area contributed by atoms with Crippen molar-refractivity contribution in [3.05, 3.63) is 0 Å². The van der Waals surface area contributed by atoms with E-state index in [0.29, 0.717) is 6.10 Å². The third-order valence-electron chi connectivity index (χ3n) is 3.44. The number of epoxide rings is 1. The highest BCUT2D eigenvalue weighted by atomic mass is 16.6. The molecule has 0 aromatic rings. The van der Waals surface area contributed by atoms with Crippen LogP contribution in [-0.2, 0) is 14.3 Å². The van der Waals surface area contributed by atoms with Crippen molar-refractivity contribution in [2.24, 2.45) is 5.41 Å². The van der Waals surface area contributed by atoms with Crippen molar-refractivity contribution in [2.45, 2.75) is 91.5 Å². The van der Waals surface area contributed by atoms with Gasteiger partial charge in [0.05, 0.1) is 17.6 Å². The second-order valence-corrected chi connectivity index (χ2v) is 7.30. The van der Waals surface area contributed by atoms with E-state index in [1.54, 1.807) is 0 Å². The van der Waals surface area contributed by atoms with E-state index in [1.165, 1.54) is 19.3 Å². The van der Waals surface area contributed by atoms with Crippen LogP contribution in [0.2, 0.25) is 0 Å². The lowest BCUT2D eigenvalue weighted by molar-refractivity contribution is -0.166. The zero-order chi connectivity index (χ0) is 14.7. The maximum absolute atomic E-state index is 12.1. The van der Waals surface area contributed by atoms with E-state index in [-0.39, 0.29) is 12.1 Å². The second-order valence-electron chi connectivity index (χ2n) is 7.30. The Balaban J connectivity index is 2.34. The van der Waals surface area contributed by atoms with E-state index >= 15 is 0 Å². The van der Waals surface area contributed by atoms with Gasteiger partial charge >= 0.3 is 5.97 Å². The average molecular weight is 270 g/mol. The highest BCUT2D eigenvalue weighted by molar-refractivity contribution is 5.76. The van der Waals surface area contributed by atoms with Crippen LogP contribution >= 0.6 is 0 Å². The molecule has 3 heteroatoms. The van der Waals surface area contributed by atoms with E-state index in [4.69, 9.17) is 9.47 Å². The molecule has 0 aromatic heterocycles. The van der Waals surface area contributed by atoms with Gasteiger partial charge in [-0.3, -0.25) is 4.79 Å². The Morgan fingerprint density at radius 1 is 1.11 bits per heavy atom. The number of rotatable bonds is 7. The molecule has 3 nitrogen and oxygen atoms in total. The topological polar surface area (TPSA) is 38.8 Å². The number of hydrogen-bond donors (Lipinski definition) is 0. The van der Waals surface area contributed by atoms with Crippen molar-refractivity contribution >= 4 is 5.97 Å². The maximum atomic E-state index is 12.1. The van der Waals surface area contributed by atoms with Crippen LogP contribution < -0.4 is 0 Å². The minimum Gasteiger partial charge on any atom is -0.460 e. The van der Waals surface area contributed by atoms with Gasteiger partial charge in [0, 0.05) is 0 Å². The zero-order valence-corrected chi connectivity index (χ0v) is 13.4. The molecule has 0 N–H and O–H groups in total. The van der Waals surface area contributed by atoms with Gasteiger partial charge in [-0.05, 0) is 47.5 Å². The Labute approximate surface area is 118 Å². The summed E-state index contributed by atoms with van der Waals surface area (Å²) in [5, 5.41) is 0. The lowest BCUT2D eigenvalue weighted by Crippen LogP contribution is -2.35. The number of ether oxygens (including phenoxy) is 2. The van der Waals surface area contributed by atoms with Crippen LogP contribution in [0.1, 0.15) is 73.6 Å². The highest BCUT2D eigenvalue weighted by Crippen LogP contribution is 2.38. The van der Waals surface area contributed by atoms with Gasteiger partial charge in [-0.25, -0.2) is 0 Å². The molecule has 0 spiro atoms. The second kappa shape index (κ2) is 6.25. The predicted molar refractivity (Wildman–Crippen MR) is 77.0 cm³/mol. The fourth-order valence-electron chi connectivity index (χ4n) is 2.21. The first-order valence-corrected chi connectivity index (χ1v) is 7.54. The van der Waals surface area contributed by atoms with Gasteiger partial charge in [0.15, 0.2) is 0 Å². The molecule has 2 atom stereocenters. The summed E-state index contributed by atoms with van der Waals surface area (Å²) in [6.45, 7) is 11.8. The Kier molecular flexibility index (Phi) is 5.43. The minimum absolute atomic E-state index is 0.122. The number of esters is 1. The van der Waals surface area contributed by atoms with Crippen molar-refractivity contribution < 1.29 is 14.3 Å². The Hall–Kier alpha value is -0.570. The molecule has 1 aliphatic heterocycles. The monoisotopic (exact) mass is 270 g/mol. The number of hydrogen-bond acceptors (Lipinski definition) is 3. The molecule has 1 saturated heterocycles. The van der Waals surface area contributed by atoms with Crippen molar-refractivity contribution in [1.29, 1.82) is 0 Å². The normalized spacial score (nSPS) is 23.3. The quantitative estimate of drug-likeness (QED) is 0.397. The summed E-state index contributed by atoms with van der Waals surface area (Å²) in [5.74, 6) is -0.122. The van der Waals surface area contributed by atoms with Gasteiger partial charge in [0.1, 0.15) is 5.60 Å². The number of carbonyl (C=O) groups is 1. The molecule has 0 unspecified atom stereocenters. The molecule has 0 bridgehead atoms. The first kappa shape index (κ1) is 16.5. The van der Waals surface area contributed by atoms with Crippen molar-refractivity contribution in [1.82, 2.24) is 0 Å². The summed E-state index contributed by atoms with van der Waals surface area (Å²) in [4.78, 5) is 12.1. The van der Waals surface area contributed by atoms with Crippen LogP contribution in [0.3, 0.4) is 0 Å². The lowest BCUT2D eigenvalue weighted by atomic mass is 9.86. The first-order valence-electron chi connectivity index (χ1n) is 7.54. The summed E-state index contributed by atoms with van der Waals surface area (Å²) in [6, 6.07) is 0. The molecule has 19 heavy (non-hydrogen) atoms. The molecule has 1 heterocycles. The van der Waals surface area contributed by atoms with Crippen molar-refractivity contribution in [3.8, 4) is 0 Å². The van der Waals surface area contributed by atoms with Crippen LogP contribution in [0.25, 0.3) is 0 Å². The third-order valence-corrected chi connectivity index (χ3v) is 3.44. The standard InChI is InChI=1S/C16H30O3/c1-7-8-9-10-12-13(18-12)11-16(5,6)14(17)19-15(2,3)4/h12-13H,7-11H2,1-6H3/t12-,13+/m1/s1. The van der Waals surface area contributed by atoms with E-state index in [0.717, 1.165) is 12.8 Å². The molecule has 0 aliphatic carbocycles. The van der Waals surface area contributed by atoms with Gasteiger partial charge in [-0.1, -0.05) is 26.2 Å². The molecule has 112 valence electrons. The lowest BCUT2D eigenvalue weighted by Gasteiger charge is -2.28. The molecule has 1 rings (SSSR count). The molecular formula is C16H30O3. The molecule has 0 radical (unpaired) electrons. The number of carbonyl (C=O) groups excluding carboxylic acids is 1. The molecular weight excluding hydrogens is 240 g/mol. The van der Waals surface area contributed by atoms with Gasteiger partial charge in [-0.15, -0.1) is 0 Å². The zero-order valence-electron chi connectivity index (χ0n) is 13.4. The SMILES string of the molecule is CCCCC[C@H]1O[C@H]1CC(C)(C)C(=O)OC(C)(C)C. The van der Waals surface area contributed by atoms with Crippen LogP contribution in [0.4, 0.5) is 0 Å². The summed E-state index contributed by atoms with van der Waals surface area (Å²) >= 11 is 0. The molecule has 1 fully saturated rings. The van der Waals surface area contributed by atoms with Crippen LogP contribution in [0.15, 0.2) is 0 Å². The van der Waals surface area contributed by atoms with Crippen molar-refractivity contribution in [3.63, 3.8) is 0 Å². The Morgan fingerprint density at radius 3 is 2.26 bits per heavy atom. The maximum Gasteiger partial charge on any atom is 0.312 e. The largest absolute Gasteiger partial charge is 0.460 e. The fraction of sp³-hybridized carbons (Fsp3) is 0.938. The van der Waals surface area contributed by atoms with Crippen LogP contribution in [0.5, 0.6) is 0 Å². The molecule has 0 saturated carbocycles. The van der Waals surface area contributed by atoms with E-state index < -0.39 is 11.0 Å². The van der Waals surface area contributed by atoms with E-state index in [9.17, 15) is 4.79 Å². The smallest absolute Gasteiger partial charge is 0.312 e. The third kappa shape index (κ3) is 5.94. The summed E-state index contributed by atoms with van der Waals surface area (Å²) in [7, 11) is 0. The Morgan fingerprint density at radius 2 is 1.74 bits per heavy atom. The van der Waals surface area contributed by atoms with E-state index in [1.807, 2.05) is 34.6 Å². The minimum atomic E-state index is -0.461. The van der Waals surface area contributed by atoms with Gasteiger partial charge in [-0.2, -0.15) is 0 Å². The average Bonchev–Trinajstić information content (AvgIpc) is 2.93. The number of unbranched alkanes of at least 4 members (excludes halogenated alkanes) is 2. The molecule has 1 aliphatic rings.